The van der Waals surface area contributed by atoms with Crippen molar-refractivity contribution in [2.75, 3.05) is 0 Å². The third-order valence-electron chi connectivity index (χ3n) is 4.88. The zero-order valence-electron chi connectivity index (χ0n) is 15.8. The summed E-state index contributed by atoms with van der Waals surface area (Å²) < 4.78 is 32.5. The predicted octanol–water partition coefficient (Wildman–Crippen LogP) is 5.28. The van der Waals surface area contributed by atoms with Gasteiger partial charge >= 0.3 is 0 Å². The zero-order chi connectivity index (χ0) is 21.5. The Balaban J connectivity index is 1.89. The van der Waals surface area contributed by atoms with Gasteiger partial charge in [-0.1, -0.05) is 40.2 Å². The Labute approximate surface area is 183 Å². The summed E-state index contributed by atoms with van der Waals surface area (Å²) in [5.41, 5.74) is 0.957. The monoisotopic (exact) mass is 478 g/mol. The summed E-state index contributed by atoms with van der Waals surface area (Å²) in [7, 11) is 0. The van der Waals surface area contributed by atoms with Crippen LogP contribution in [-0.2, 0) is 0 Å². The molecule has 5 aromatic rings. The first-order chi connectivity index (χ1) is 15.0. The van der Waals surface area contributed by atoms with Gasteiger partial charge in [-0.2, -0.15) is 0 Å². The van der Waals surface area contributed by atoms with Crippen molar-refractivity contribution in [3.63, 3.8) is 0 Å². The highest BCUT2D eigenvalue weighted by Gasteiger charge is 2.21. The van der Waals surface area contributed by atoms with Gasteiger partial charge in [-0.3, -0.25) is 13.9 Å². The van der Waals surface area contributed by atoms with E-state index in [0.29, 0.717) is 5.69 Å². The minimum absolute atomic E-state index is 0.0190. The van der Waals surface area contributed by atoms with Crippen LogP contribution in [0.4, 0.5) is 8.78 Å². The Kier molecular flexibility index (Phi) is 4.71. The van der Waals surface area contributed by atoms with Crippen LogP contribution in [0.25, 0.3) is 33.9 Å². The second kappa shape index (κ2) is 7.55. The number of hydrogen-bond donors (Lipinski definition) is 0. The molecule has 0 fully saturated rings. The van der Waals surface area contributed by atoms with Crippen LogP contribution in [0.5, 0.6) is 0 Å². The summed E-state index contributed by atoms with van der Waals surface area (Å²) >= 11 is 3.36. The maximum atomic E-state index is 14.8. The average Bonchev–Trinajstić information content (AvgIpc) is 3.21. The molecule has 0 unspecified atom stereocenters. The van der Waals surface area contributed by atoms with Crippen molar-refractivity contribution in [3.8, 4) is 22.8 Å². The number of aromatic nitrogens is 4. The molecule has 0 aliphatic rings. The minimum atomic E-state index is -1.08. The summed E-state index contributed by atoms with van der Waals surface area (Å²) in [6.45, 7) is 0. The number of rotatable bonds is 3. The zero-order valence-corrected chi connectivity index (χ0v) is 17.4. The lowest BCUT2D eigenvalue weighted by atomic mass is 10.1. The lowest BCUT2D eigenvalue weighted by Gasteiger charge is -2.14. The summed E-state index contributed by atoms with van der Waals surface area (Å²) in [6.07, 6.45) is 1.49. The van der Waals surface area contributed by atoms with Crippen molar-refractivity contribution in [2.45, 2.75) is 0 Å². The van der Waals surface area contributed by atoms with Crippen LogP contribution in [0.1, 0.15) is 0 Å². The van der Waals surface area contributed by atoms with Gasteiger partial charge in [0.05, 0.1) is 11.3 Å². The fourth-order valence-electron chi connectivity index (χ4n) is 3.42. The highest BCUT2D eigenvalue weighted by molar-refractivity contribution is 9.10. The van der Waals surface area contributed by atoms with Crippen molar-refractivity contribution in [1.29, 1.82) is 0 Å². The third kappa shape index (κ3) is 3.25. The van der Waals surface area contributed by atoms with Crippen molar-refractivity contribution in [1.82, 2.24) is 19.1 Å². The number of imidazole rings is 1. The maximum Gasteiger partial charge on any atom is 0.286 e. The molecule has 0 saturated carbocycles. The van der Waals surface area contributed by atoms with Crippen LogP contribution in [0, 0.1) is 11.6 Å². The van der Waals surface area contributed by atoms with E-state index in [-0.39, 0.29) is 22.6 Å². The molecule has 0 radical (unpaired) electrons. The van der Waals surface area contributed by atoms with E-state index in [2.05, 4.69) is 25.9 Å². The van der Waals surface area contributed by atoms with Crippen LogP contribution >= 0.6 is 15.9 Å². The third-order valence-corrected chi connectivity index (χ3v) is 5.41. The van der Waals surface area contributed by atoms with Gasteiger partial charge in [0.25, 0.3) is 5.56 Å². The van der Waals surface area contributed by atoms with E-state index in [9.17, 15) is 13.6 Å². The first-order valence-corrected chi connectivity index (χ1v) is 10.1. The number of para-hydroxylation sites is 1. The number of hydrogen-bond acceptors (Lipinski definition) is 3. The standard InChI is InChI=1S/C23H13BrF2N4O/c24-14-9-11-16(12-10-14)30-21(17-7-4-8-18(25)19(17)26)28-22-20(23(30)31)27-13-29(22)15-5-2-1-3-6-15/h1-13H. The van der Waals surface area contributed by atoms with Gasteiger partial charge in [0, 0.05) is 10.2 Å². The molecule has 8 heteroatoms. The number of benzene rings is 3. The molecule has 0 saturated heterocycles. The van der Waals surface area contributed by atoms with E-state index in [1.54, 1.807) is 28.8 Å². The smallest absolute Gasteiger partial charge is 0.283 e. The molecular formula is C23H13BrF2N4O. The van der Waals surface area contributed by atoms with Gasteiger partial charge in [-0.25, -0.2) is 18.7 Å². The van der Waals surface area contributed by atoms with Crippen LogP contribution < -0.4 is 5.56 Å². The summed E-state index contributed by atoms with van der Waals surface area (Å²) in [6, 6.07) is 19.9. The topological polar surface area (TPSA) is 52.7 Å². The molecule has 152 valence electrons. The fraction of sp³-hybridized carbons (Fsp3) is 0. The van der Waals surface area contributed by atoms with Gasteiger partial charge in [0.15, 0.2) is 28.6 Å². The molecule has 5 rings (SSSR count). The molecule has 0 atom stereocenters. The lowest BCUT2D eigenvalue weighted by molar-refractivity contribution is 0.510. The van der Waals surface area contributed by atoms with Crippen LogP contribution in [0.2, 0.25) is 0 Å². The molecule has 0 bridgehead atoms. The first kappa shape index (κ1) is 19.3. The fourth-order valence-corrected chi connectivity index (χ4v) is 3.68. The quantitative estimate of drug-likeness (QED) is 0.354. The predicted molar refractivity (Wildman–Crippen MR) is 118 cm³/mol. The maximum absolute atomic E-state index is 14.8. The van der Waals surface area contributed by atoms with Crippen molar-refractivity contribution < 1.29 is 8.78 Å². The van der Waals surface area contributed by atoms with Crippen molar-refractivity contribution >= 4 is 27.1 Å². The van der Waals surface area contributed by atoms with E-state index < -0.39 is 17.2 Å². The number of nitrogens with zero attached hydrogens (tertiary/aromatic N) is 4. The van der Waals surface area contributed by atoms with E-state index in [4.69, 9.17) is 0 Å². The summed E-state index contributed by atoms with van der Waals surface area (Å²) in [4.78, 5) is 22.3. The molecule has 2 heterocycles. The van der Waals surface area contributed by atoms with E-state index in [1.807, 2.05) is 30.3 Å². The van der Waals surface area contributed by atoms with Crippen molar-refractivity contribution in [2.24, 2.45) is 0 Å². The van der Waals surface area contributed by atoms with Crippen LogP contribution in [0.3, 0.4) is 0 Å². The Morgan fingerprint density at radius 2 is 1.58 bits per heavy atom. The van der Waals surface area contributed by atoms with Gasteiger partial charge < -0.3 is 0 Å². The Morgan fingerprint density at radius 1 is 0.839 bits per heavy atom. The molecular weight excluding hydrogens is 466 g/mol. The molecule has 0 amide bonds. The number of halogens is 3. The molecule has 0 spiro atoms. The molecule has 3 aromatic carbocycles. The SMILES string of the molecule is O=c1c2ncn(-c3ccccc3)c2nc(-c2cccc(F)c2F)n1-c1ccc(Br)cc1. The van der Waals surface area contributed by atoms with Gasteiger partial charge in [-0.15, -0.1) is 0 Å². The van der Waals surface area contributed by atoms with Crippen molar-refractivity contribution in [3.05, 3.63) is 106 Å². The summed E-state index contributed by atoms with van der Waals surface area (Å²) in [5, 5.41) is 0. The lowest BCUT2D eigenvalue weighted by Crippen LogP contribution is -2.23. The highest BCUT2D eigenvalue weighted by Crippen LogP contribution is 2.27. The Hall–Kier alpha value is -3.65. The normalized spacial score (nSPS) is 11.2. The second-order valence-electron chi connectivity index (χ2n) is 6.78. The number of fused-ring (bicyclic) bond motifs is 1. The molecule has 0 aliphatic carbocycles. The Bertz CT molecular complexity index is 1480. The average molecular weight is 479 g/mol. The molecule has 5 nitrogen and oxygen atoms in total. The largest absolute Gasteiger partial charge is 0.286 e. The van der Waals surface area contributed by atoms with E-state index >= 15 is 0 Å². The Morgan fingerprint density at radius 3 is 2.32 bits per heavy atom. The van der Waals surface area contributed by atoms with Gasteiger partial charge in [-0.05, 0) is 48.5 Å². The first-order valence-electron chi connectivity index (χ1n) is 9.30. The second-order valence-corrected chi connectivity index (χ2v) is 7.69. The molecule has 2 aromatic heterocycles. The van der Waals surface area contributed by atoms with Gasteiger partial charge in [0.2, 0.25) is 0 Å². The van der Waals surface area contributed by atoms with Crippen LogP contribution in [0.15, 0.2) is 88.4 Å². The molecule has 0 N–H and O–H groups in total. The summed E-state index contributed by atoms with van der Waals surface area (Å²) in [5.74, 6) is -2.12. The van der Waals surface area contributed by atoms with Gasteiger partial charge in [0.1, 0.15) is 6.33 Å². The highest BCUT2D eigenvalue weighted by atomic mass is 79.9. The van der Waals surface area contributed by atoms with E-state index in [1.165, 1.54) is 23.0 Å². The molecule has 0 aliphatic heterocycles. The molecule has 31 heavy (non-hydrogen) atoms. The minimum Gasteiger partial charge on any atom is -0.283 e. The van der Waals surface area contributed by atoms with E-state index in [0.717, 1.165) is 16.2 Å². The van der Waals surface area contributed by atoms with Crippen LogP contribution in [-0.4, -0.2) is 19.1 Å².